The van der Waals surface area contributed by atoms with E-state index < -0.39 is 0 Å². The molecule has 0 bridgehead atoms. The van der Waals surface area contributed by atoms with Gasteiger partial charge in [0.1, 0.15) is 12.4 Å². The van der Waals surface area contributed by atoms with Gasteiger partial charge in [-0.05, 0) is 37.4 Å². The van der Waals surface area contributed by atoms with E-state index in [1.807, 2.05) is 13.8 Å². The van der Waals surface area contributed by atoms with Crippen molar-refractivity contribution in [3.05, 3.63) is 29.3 Å². The molecule has 0 atom stereocenters. The molecule has 3 heteroatoms. The molecule has 1 N–H and O–H groups in total. The highest BCUT2D eigenvalue weighted by molar-refractivity contribution is 5.37. The summed E-state index contributed by atoms with van der Waals surface area (Å²) >= 11 is 0. The van der Waals surface area contributed by atoms with E-state index in [-0.39, 0.29) is 0 Å². The van der Waals surface area contributed by atoms with Crippen LogP contribution in [0.2, 0.25) is 0 Å². The molecule has 96 valence electrons. The van der Waals surface area contributed by atoms with Crippen molar-refractivity contribution in [3.8, 4) is 5.75 Å². The van der Waals surface area contributed by atoms with E-state index >= 15 is 0 Å². The van der Waals surface area contributed by atoms with Crippen molar-refractivity contribution in [1.82, 2.24) is 10.2 Å². The fourth-order valence-corrected chi connectivity index (χ4v) is 1.71. The molecule has 0 aromatic heterocycles. The van der Waals surface area contributed by atoms with Crippen molar-refractivity contribution in [3.63, 3.8) is 0 Å². The summed E-state index contributed by atoms with van der Waals surface area (Å²) in [5.74, 6) is 0.985. The average Bonchev–Trinajstić information content (AvgIpc) is 2.78. The first kappa shape index (κ1) is 14.0. The Labute approximate surface area is 105 Å². The molecule has 3 nitrogen and oxygen atoms in total. The predicted molar refractivity (Wildman–Crippen MR) is 72.4 cm³/mol. The first-order valence-electron chi connectivity index (χ1n) is 6.36. The van der Waals surface area contributed by atoms with Crippen LogP contribution >= 0.6 is 0 Å². The molecule has 0 saturated carbocycles. The summed E-state index contributed by atoms with van der Waals surface area (Å²) in [5, 5.41) is 3.33. The number of ether oxygens (including phenoxy) is 1. The van der Waals surface area contributed by atoms with Gasteiger partial charge in [-0.25, -0.2) is 0 Å². The minimum Gasteiger partial charge on any atom is -0.492 e. The molecule has 1 aromatic carbocycles. The summed E-state index contributed by atoms with van der Waals surface area (Å²) in [5.41, 5.74) is 2.77. The number of rotatable bonds is 4. The third-order valence-electron chi connectivity index (χ3n) is 2.62. The van der Waals surface area contributed by atoms with Gasteiger partial charge in [0, 0.05) is 19.6 Å². The third kappa shape index (κ3) is 4.36. The number of likely N-dealkylation sites (N-methyl/N-ethyl adjacent to an activating group) is 1. The molecule has 0 radical (unpaired) electrons. The summed E-state index contributed by atoms with van der Waals surface area (Å²) in [6.45, 7) is 7.67. The molecule has 0 unspecified atom stereocenters. The van der Waals surface area contributed by atoms with Gasteiger partial charge in [-0.15, -0.1) is 0 Å². The number of benzene rings is 1. The van der Waals surface area contributed by atoms with Gasteiger partial charge in [0.15, 0.2) is 0 Å². The normalized spacial score (nSPS) is 13.0. The lowest BCUT2D eigenvalue weighted by Crippen LogP contribution is -2.19. The summed E-state index contributed by atoms with van der Waals surface area (Å²) in [6.07, 6.45) is 0. The monoisotopic (exact) mass is 236 g/mol. The van der Waals surface area contributed by atoms with Gasteiger partial charge in [-0.3, -0.25) is 0 Å². The van der Waals surface area contributed by atoms with Crippen LogP contribution in [0.4, 0.5) is 0 Å². The maximum Gasteiger partial charge on any atom is 0.119 e. The van der Waals surface area contributed by atoms with Crippen LogP contribution in [-0.2, 0) is 13.1 Å². The second-order valence-electron chi connectivity index (χ2n) is 4.19. The fraction of sp³-hybridized carbons (Fsp3) is 0.571. The number of hydrogen-bond donors (Lipinski definition) is 1. The molecule has 2 rings (SSSR count). The number of nitrogens with zero attached hydrogens (tertiary/aromatic N) is 1. The molecule has 0 aliphatic carbocycles. The highest BCUT2D eigenvalue weighted by Crippen LogP contribution is 2.21. The molecular weight excluding hydrogens is 212 g/mol. The van der Waals surface area contributed by atoms with Crippen molar-refractivity contribution in [2.45, 2.75) is 26.9 Å². The summed E-state index contributed by atoms with van der Waals surface area (Å²) in [6, 6.07) is 6.35. The Balaban J connectivity index is 0.000000686. The first-order chi connectivity index (χ1) is 8.25. The van der Waals surface area contributed by atoms with Gasteiger partial charge in [0.2, 0.25) is 0 Å². The molecule has 0 fully saturated rings. The maximum absolute atomic E-state index is 5.67. The molecule has 1 aliphatic rings. The largest absolute Gasteiger partial charge is 0.492 e. The maximum atomic E-state index is 5.67. The topological polar surface area (TPSA) is 24.5 Å². The third-order valence-corrected chi connectivity index (χ3v) is 2.62. The van der Waals surface area contributed by atoms with Crippen molar-refractivity contribution in [2.75, 3.05) is 27.2 Å². The molecule has 0 amide bonds. The smallest absolute Gasteiger partial charge is 0.119 e. The van der Waals surface area contributed by atoms with Crippen LogP contribution in [0.3, 0.4) is 0 Å². The summed E-state index contributed by atoms with van der Waals surface area (Å²) < 4.78 is 5.67. The summed E-state index contributed by atoms with van der Waals surface area (Å²) in [4.78, 5) is 2.12. The van der Waals surface area contributed by atoms with Gasteiger partial charge in [-0.2, -0.15) is 0 Å². The lowest BCUT2D eigenvalue weighted by atomic mass is 10.1. The van der Waals surface area contributed by atoms with E-state index in [2.05, 4.69) is 42.5 Å². The van der Waals surface area contributed by atoms with E-state index in [9.17, 15) is 0 Å². The Kier molecular flexibility index (Phi) is 6.01. The Morgan fingerprint density at radius 2 is 1.88 bits per heavy atom. The fourth-order valence-electron chi connectivity index (χ4n) is 1.71. The van der Waals surface area contributed by atoms with Crippen LogP contribution in [0.5, 0.6) is 5.75 Å². The van der Waals surface area contributed by atoms with E-state index in [1.165, 1.54) is 11.1 Å². The highest BCUT2D eigenvalue weighted by atomic mass is 16.5. The average molecular weight is 236 g/mol. The zero-order valence-corrected chi connectivity index (χ0v) is 11.4. The standard InChI is InChI=1S/C12H18N2O.C2H6/c1-14(2)5-6-15-12-4-3-10-8-13-9-11(10)7-12;1-2/h3-4,7,13H,5-6,8-9H2,1-2H3;1-2H3. The van der Waals surface area contributed by atoms with E-state index in [0.29, 0.717) is 0 Å². The molecule has 0 spiro atoms. The van der Waals surface area contributed by atoms with Crippen molar-refractivity contribution >= 4 is 0 Å². The molecule has 1 aliphatic heterocycles. The van der Waals surface area contributed by atoms with Gasteiger partial charge < -0.3 is 15.0 Å². The SMILES string of the molecule is CC.CN(C)CCOc1ccc2c(c1)CNC2. The second-order valence-corrected chi connectivity index (χ2v) is 4.19. The van der Waals surface area contributed by atoms with E-state index in [1.54, 1.807) is 0 Å². The molecular formula is C14H24N2O. The minimum atomic E-state index is 0.749. The number of fused-ring (bicyclic) bond motifs is 1. The van der Waals surface area contributed by atoms with E-state index in [0.717, 1.165) is 32.0 Å². The van der Waals surface area contributed by atoms with Crippen LogP contribution < -0.4 is 10.1 Å². The van der Waals surface area contributed by atoms with Crippen LogP contribution in [-0.4, -0.2) is 32.1 Å². The quantitative estimate of drug-likeness (QED) is 0.868. The van der Waals surface area contributed by atoms with Crippen molar-refractivity contribution < 1.29 is 4.74 Å². The van der Waals surface area contributed by atoms with Crippen molar-refractivity contribution in [2.24, 2.45) is 0 Å². The lowest BCUT2D eigenvalue weighted by molar-refractivity contribution is 0.261. The predicted octanol–water partition coefficient (Wildman–Crippen LogP) is 2.26. The molecule has 1 aromatic rings. The van der Waals surface area contributed by atoms with Gasteiger partial charge in [-0.1, -0.05) is 19.9 Å². The first-order valence-corrected chi connectivity index (χ1v) is 6.36. The second kappa shape index (κ2) is 7.30. The van der Waals surface area contributed by atoms with Gasteiger partial charge >= 0.3 is 0 Å². The minimum absolute atomic E-state index is 0.749. The Bertz CT molecular complexity index is 337. The lowest BCUT2D eigenvalue weighted by Gasteiger charge is -2.11. The molecule has 17 heavy (non-hydrogen) atoms. The Hall–Kier alpha value is -1.06. The number of nitrogens with one attached hydrogen (secondary N) is 1. The van der Waals surface area contributed by atoms with Crippen molar-refractivity contribution in [1.29, 1.82) is 0 Å². The van der Waals surface area contributed by atoms with Crippen LogP contribution in [0.25, 0.3) is 0 Å². The zero-order valence-electron chi connectivity index (χ0n) is 11.4. The molecule has 0 saturated heterocycles. The van der Waals surface area contributed by atoms with Crippen LogP contribution in [0.1, 0.15) is 25.0 Å². The Morgan fingerprint density at radius 1 is 1.18 bits per heavy atom. The van der Waals surface area contributed by atoms with E-state index in [4.69, 9.17) is 4.74 Å². The Morgan fingerprint density at radius 3 is 2.59 bits per heavy atom. The summed E-state index contributed by atoms with van der Waals surface area (Å²) in [7, 11) is 4.10. The molecule has 1 heterocycles. The van der Waals surface area contributed by atoms with Crippen LogP contribution in [0, 0.1) is 0 Å². The van der Waals surface area contributed by atoms with Gasteiger partial charge in [0.05, 0.1) is 0 Å². The zero-order chi connectivity index (χ0) is 12.7. The highest BCUT2D eigenvalue weighted by Gasteiger charge is 2.10. The number of hydrogen-bond acceptors (Lipinski definition) is 3. The van der Waals surface area contributed by atoms with Gasteiger partial charge in [0.25, 0.3) is 0 Å². The van der Waals surface area contributed by atoms with Crippen LogP contribution in [0.15, 0.2) is 18.2 Å².